The third-order valence-electron chi connectivity index (χ3n) is 5.83. The number of aromatic nitrogens is 2. The van der Waals surface area contributed by atoms with Crippen LogP contribution in [0.4, 0.5) is 5.69 Å². The van der Waals surface area contributed by atoms with Gasteiger partial charge in [0.2, 0.25) is 15.9 Å². The van der Waals surface area contributed by atoms with Gasteiger partial charge in [-0.2, -0.15) is 0 Å². The second-order valence-electron chi connectivity index (χ2n) is 8.55. The lowest BCUT2D eigenvalue weighted by Crippen LogP contribution is -2.27. The summed E-state index contributed by atoms with van der Waals surface area (Å²) in [4.78, 5) is 30.0. The molecule has 4 rings (SSSR count). The number of hydrogen-bond acceptors (Lipinski definition) is 5. The van der Waals surface area contributed by atoms with E-state index in [0.717, 1.165) is 18.4 Å². The molecule has 0 unspecified atom stereocenters. The molecular weight excluding hydrogens is 454 g/mol. The minimum Gasteiger partial charge on any atom is -0.349 e. The first kappa shape index (κ1) is 23.9. The number of anilines is 1. The van der Waals surface area contributed by atoms with Crippen LogP contribution in [-0.2, 0) is 27.8 Å². The van der Waals surface area contributed by atoms with Crippen LogP contribution in [0.3, 0.4) is 0 Å². The zero-order valence-corrected chi connectivity index (χ0v) is 20.4. The number of nitrogens with one attached hydrogen (secondary N) is 2. The first-order valence-corrected chi connectivity index (χ1v) is 12.8. The van der Waals surface area contributed by atoms with Crippen LogP contribution in [0.15, 0.2) is 47.4 Å². The van der Waals surface area contributed by atoms with Gasteiger partial charge < -0.3 is 15.2 Å². The molecule has 2 N–H and O–H groups in total. The van der Waals surface area contributed by atoms with Gasteiger partial charge in [-0.1, -0.05) is 12.1 Å². The molecule has 1 heterocycles. The van der Waals surface area contributed by atoms with Crippen molar-refractivity contribution in [1.82, 2.24) is 19.2 Å². The van der Waals surface area contributed by atoms with E-state index in [1.54, 1.807) is 42.5 Å². The molecule has 1 saturated carbocycles. The SMILES string of the molecule is CCn1c(CCC(=O)Nc2ccccc2C(=O)NC2CC2)nc2cc(S(=O)(=O)N(C)C)ccc21. The second kappa shape index (κ2) is 9.55. The summed E-state index contributed by atoms with van der Waals surface area (Å²) in [5, 5.41) is 5.79. The molecular formula is C24H29N5O4S. The molecule has 1 aliphatic carbocycles. The number of amides is 2. The number of aryl methyl sites for hydroxylation is 2. The first-order valence-electron chi connectivity index (χ1n) is 11.3. The average molecular weight is 484 g/mol. The lowest BCUT2D eigenvalue weighted by molar-refractivity contribution is -0.116. The largest absolute Gasteiger partial charge is 0.349 e. The molecule has 1 aliphatic rings. The first-order chi connectivity index (χ1) is 16.2. The number of imidazole rings is 1. The van der Waals surface area contributed by atoms with E-state index in [2.05, 4.69) is 15.6 Å². The number of benzene rings is 2. The van der Waals surface area contributed by atoms with E-state index in [9.17, 15) is 18.0 Å². The Balaban J connectivity index is 1.49. The third-order valence-corrected chi connectivity index (χ3v) is 7.64. The topological polar surface area (TPSA) is 113 Å². The van der Waals surface area contributed by atoms with Crippen LogP contribution in [0, 0.1) is 0 Å². The highest BCUT2D eigenvalue weighted by atomic mass is 32.2. The van der Waals surface area contributed by atoms with Gasteiger partial charge in [0.25, 0.3) is 5.91 Å². The van der Waals surface area contributed by atoms with E-state index in [1.165, 1.54) is 18.4 Å². The maximum atomic E-state index is 12.7. The molecule has 10 heteroatoms. The van der Waals surface area contributed by atoms with Crippen molar-refractivity contribution in [2.45, 2.75) is 50.1 Å². The van der Waals surface area contributed by atoms with Gasteiger partial charge in [-0.15, -0.1) is 0 Å². The van der Waals surface area contributed by atoms with Crippen LogP contribution in [0.2, 0.25) is 0 Å². The van der Waals surface area contributed by atoms with E-state index in [0.29, 0.717) is 35.6 Å². The molecule has 1 aromatic heterocycles. The molecule has 0 atom stereocenters. The quantitative estimate of drug-likeness (QED) is 0.486. The van der Waals surface area contributed by atoms with Crippen LogP contribution in [0.25, 0.3) is 11.0 Å². The van der Waals surface area contributed by atoms with Crippen molar-refractivity contribution in [2.24, 2.45) is 0 Å². The Morgan fingerprint density at radius 2 is 1.88 bits per heavy atom. The van der Waals surface area contributed by atoms with Gasteiger partial charge in [0.05, 0.1) is 27.2 Å². The molecule has 2 aromatic carbocycles. The summed E-state index contributed by atoms with van der Waals surface area (Å²) in [5.74, 6) is 0.290. The summed E-state index contributed by atoms with van der Waals surface area (Å²) < 4.78 is 28.1. The van der Waals surface area contributed by atoms with Gasteiger partial charge in [-0.25, -0.2) is 17.7 Å². The van der Waals surface area contributed by atoms with Gasteiger partial charge >= 0.3 is 0 Å². The van der Waals surface area contributed by atoms with Gasteiger partial charge in [0, 0.05) is 39.5 Å². The van der Waals surface area contributed by atoms with Crippen LogP contribution in [-0.4, -0.2) is 54.2 Å². The van der Waals surface area contributed by atoms with Gasteiger partial charge in [-0.05, 0) is 50.1 Å². The molecule has 3 aromatic rings. The number of fused-ring (bicyclic) bond motifs is 1. The summed E-state index contributed by atoms with van der Waals surface area (Å²) in [7, 11) is -0.591. The van der Waals surface area contributed by atoms with Crippen LogP contribution >= 0.6 is 0 Å². The molecule has 0 aliphatic heterocycles. The lowest BCUT2D eigenvalue weighted by Gasteiger charge is -2.12. The molecule has 0 saturated heterocycles. The van der Waals surface area contributed by atoms with Crippen molar-refractivity contribution >= 4 is 38.6 Å². The molecule has 9 nitrogen and oxygen atoms in total. The number of carbonyl (C=O) groups excluding carboxylic acids is 2. The van der Waals surface area contributed by atoms with Crippen LogP contribution < -0.4 is 10.6 Å². The Morgan fingerprint density at radius 1 is 1.15 bits per heavy atom. The minimum atomic E-state index is -3.57. The summed E-state index contributed by atoms with van der Waals surface area (Å²) in [6, 6.07) is 12.1. The molecule has 34 heavy (non-hydrogen) atoms. The predicted octanol–water partition coefficient (Wildman–Crippen LogP) is 2.77. The Bertz CT molecular complexity index is 1340. The third kappa shape index (κ3) is 4.97. The summed E-state index contributed by atoms with van der Waals surface area (Å²) in [6.45, 7) is 2.61. The maximum Gasteiger partial charge on any atom is 0.253 e. The smallest absolute Gasteiger partial charge is 0.253 e. The van der Waals surface area contributed by atoms with E-state index >= 15 is 0 Å². The number of nitrogens with zero attached hydrogens (tertiary/aromatic N) is 3. The summed E-state index contributed by atoms with van der Waals surface area (Å²) in [5.41, 5.74) is 2.31. The Labute approximate surface area is 199 Å². The Hall–Kier alpha value is -3.24. The Morgan fingerprint density at radius 3 is 2.56 bits per heavy atom. The highest BCUT2D eigenvalue weighted by molar-refractivity contribution is 7.89. The standard InChI is InChI=1S/C24H29N5O4S/c1-4-29-21-12-11-17(34(32,33)28(2)3)15-20(21)26-22(29)13-14-23(30)27-19-8-6-5-7-18(19)24(31)25-16-9-10-16/h5-8,11-12,15-16H,4,9-10,13-14H2,1-3H3,(H,25,31)(H,27,30). The van der Waals surface area contributed by atoms with Crippen molar-refractivity contribution in [3.05, 3.63) is 53.9 Å². The van der Waals surface area contributed by atoms with Crippen LogP contribution in [0.5, 0.6) is 0 Å². The lowest BCUT2D eigenvalue weighted by atomic mass is 10.1. The maximum absolute atomic E-state index is 12.7. The highest BCUT2D eigenvalue weighted by Gasteiger charge is 2.25. The average Bonchev–Trinajstić information content (AvgIpc) is 3.55. The zero-order chi connectivity index (χ0) is 24.5. The monoisotopic (exact) mass is 483 g/mol. The predicted molar refractivity (Wildman–Crippen MR) is 130 cm³/mol. The van der Waals surface area contributed by atoms with Gasteiger partial charge in [0.15, 0.2) is 0 Å². The number of hydrogen-bond donors (Lipinski definition) is 2. The number of carbonyl (C=O) groups is 2. The normalized spacial score (nSPS) is 13.9. The zero-order valence-electron chi connectivity index (χ0n) is 19.5. The van der Waals surface area contributed by atoms with Crippen molar-refractivity contribution in [3.63, 3.8) is 0 Å². The molecule has 2 amide bonds. The molecule has 1 fully saturated rings. The number of para-hydroxylation sites is 1. The fraction of sp³-hybridized carbons (Fsp3) is 0.375. The fourth-order valence-corrected chi connectivity index (χ4v) is 4.72. The van der Waals surface area contributed by atoms with E-state index < -0.39 is 10.0 Å². The van der Waals surface area contributed by atoms with Crippen molar-refractivity contribution in [3.8, 4) is 0 Å². The molecule has 0 radical (unpaired) electrons. The van der Waals surface area contributed by atoms with E-state index in [-0.39, 0.29) is 29.2 Å². The number of sulfonamides is 1. The molecule has 0 spiro atoms. The summed E-state index contributed by atoms with van der Waals surface area (Å²) >= 11 is 0. The minimum absolute atomic E-state index is 0.171. The van der Waals surface area contributed by atoms with E-state index in [4.69, 9.17) is 0 Å². The van der Waals surface area contributed by atoms with Crippen molar-refractivity contribution < 1.29 is 18.0 Å². The molecule has 180 valence electrons. The van der Waals surface area contributed by atoms with E-state index in [1.807, 2.05) is 11.5 Å². The van der Waals surface area contributed by atoms with Gasteiger partial charge in [-0.3, -0.25) is 9.59 Å². The second-order valence-corrected chi connectivity index (χ2v) is 10.7. The Kier molecular flexibility index (Phi) is 6.72. The van der Waals surface area contributed by atoms with Gasteiger partial charge in [0.1, 0.15) is 5.82 Å². The van der Waals surface area contributed by atoms with Crippen LogP contribution in [0.1, 0.15) is 42.4 Å². The summed E-state index contributed by atoms with van der Waals surface area (Å²) in [6.07, 6.45) is 2.52. The van der Waals surface area contributed by atoms with Crippen molar-refractivity contribution in [1.29, 1.82) is 0 Å². The molecule has 0 bridgehead atoms. The fourth-order valence-electron chi connectivity index (χ4n) is 3.79. The van der Waals surface area contributed by atoms with Crippen molar-refractivity contribution in [2.75, 3.05) is 19.4 Å². The highest BCUT2D eigenvalue weighted by Crippen LogP contribution is 2.24. The number of rotatable bonds is 9.